The molecule has 3 nitrogen and oxygen atoms in total. The van der Waals surface area contributed by atoms with Gasteiger partial charge in [0.2, 0.25) is 0 Å². The fourth-order valence-corrected chi connectivity index (χ4v) is 3.14. The average Bonchev–Trinajstić information content (AvgIpc) is 2.56. The van der Waals surface area contributed by atoms with Crippen LogP contribution in [0.3, 0.4) is 0 Å². The van der Waals surface area contributed by atoms with Crippen molar-refractivity contribution in [3.63, 3.8) is 0 Å². The Hall–Kier alpha value is -2.16. The van der Waals surface area contributed by atoms with Crippen LogP contribution in [0.1, 0.15) is 25.8 Å². The number of ether oxygens (including phenoxy) is 1. The summed E-state index contributed by atoms with van der Waals surface area (Å²) in [5, 5.41) is 3.53. The normalized spacial score (nSPS) is 13.8. The molecule has 3 rings (SSSR count). The Bertz CT molecular complexity index is 639. The minimum Gasteiger partial charge on any atom is -0.489 e. The van der Waals surface area contributed by atoms with E-state index in [-0.39, 0.29) is 6.10 Å². The van der Waals surface area contributed by atoms with Crippen LogP contribution in [0.4, 0.5) is 11.4 Å². The Morgan fingerprint density at radius 3 is 2.74 bits per heavy atom. The molecule has 0 unspecified atom stereocenters. The van der Waals surface area contributed by atoms with Gasteiger partial charge >= 0.3 is 0 Å². The molecule has 1 N–H and O–H groups in total. The van der Waals surface area contributed by atoms with Gasteiger partial charge in [-0.15, -0.1) is 0 Å². The van der Waals surface area contributed by atoms with E-state index in [9.17, 15) is 0 Å². The van der Waals surface area contributed by atoms with Crippen LogP contribution in [0.5, 0.6) is 5.75 Å². The van der Waals surface area contributed by atoms with Gasteiger partial charge in [0.15, 0.2) is 0 Å². The Morgan fingerprint density at radius 2 is 1.87 bits per heavy atom. The van der Waals surface area contributed by atoms with Crippen molar-refractivity contribution in [2.45, 2.75) is 32.8 Å². The van der Waals surface area contributed by atoms with E-state index in [1.54, 1.807) is 0 Å². The fourth-order valence-electron chi connectivity index (χ4n) is 3.14. The van der Waals surface area contributed by atoms with Crippen LogP contribution < -0.4 is 15.0 Å². The Morgan fingerprint density at radius 1 is 1.09 bits per heavy atom. The number of aryl methyl sites for hydroxylation is 1. The smallest absolute Gasteiger partial charge is 0.142 e. The van der Waals surface area contributed by atoms with Crippen molar-refractivity contribution in [3.05, 3.63) is 54.1 Å². The minimum absolute atomic E-state index is 0.187. The second kappa shape index (κ2) is 7.40. The van der Waals surface area contributed by atoms with E-state index in [0.717, 1.165) is 31.1 Å². The van der Waals surface area contributed by atoms with Crippen LogP contribution >= 0.6 is 0 Å². The highest BCUT2D eigenvalue weighted by Gasteiger charge is 2.15. The van der Waals surface area contributed by atoms with Crippen molar-refractivity contribution in [1.29, 1.82) is 0 Å². The Labute approximate surface area is 139 Å². The molecule has 0 amide bonds. The highest BCUT2D eigenvalue weighted by atomic mass is 16.5. The van der Waals surface area contributed by atoms with Gasteiger partial charge in [-0.3, -0.25) is 0 Å². The first kappa shape index (κ1) is 15.7. The number of hydrogen-bond donors (Lipinski definition) is 1. The molecule has 0 aromatic heterocycles. The zero-order chi connectivity index (χ0) is 16.1. The largest absolute Gasteiger partial charge is 0.489 e. The molecule has 1 heterocycles. The van der Waals surface area contributed by atoms with E-state index in [1.807, 2.05) is 18.2 Å². The summed E-state index contributed by atoms with van der Waals surface area (Å²) in [4.78, 5) is 2.48. The van der Waals surface area contributed by atoms with Gasteiger partial charge in [-0.05, 0) is 50.5 Å². The van der Waals surface area contributed by atoms with Gasteiger partial charge in [0, 0.05) is 25.3 Å². The van der Waals surface area contributed by atoms with E-state index in [1.165, 1.54) is 24.1 Å². The van der Waals surface area contributed by atoms with Gasteiger partial charge < -0.3 is 15.0 Å². The average molecular weight is 310 g/mol. The Kier molecular flexibility index (Phi) is 5.06. The molecule has 1 aliphatic rings. The number of fused-ring (bicyclic) bond motifs is 1. The molecule has 0 atom stereocenters. The molecule has 2 aromatic carbocycles. The van der Waals surface area contributed by atoms with Crippen molar-refractivity contribution in [3.8, 4) is 5.75 Å². The lowest BCUT2D eigenvalue weighted by Gasteiger charge is -2.31. The fraction of sp³-hybridized carbons (Fsp3) is 0.400. The van der Waals surface area contributed by atoms with Crippen LogP contribution in [0.2, 0.25) is 0 Å². The number of benzene rings is 2. The first-order valence-corrected chi connectivity index (χ1v) is 8.56. The maximum atomic E-state index is 5.87. The van der Waals surface area contributed by atoms with Gasteiger partial charge in [-0.25, -0.2) is 0 Å². The topological polar surface area (TPSA) is 24.5 Å². The third kappa shape index (κ3) is 3.98. The molecule has 0 saturated heterocycles. The molecular weight excluding hydrogens is 284 g/mol. The standard InChI is InChI=1S/C20H26N2O/c1-16(2)23-20-12-6-4-10-18(20)21-13-15-22-14-7-9-17-8-3-5-11-19(17)22/h3-6,8,10-12,16,21H,7,9,13-15H2,1-2H3. The first-order chi connectivity index (χ1) is 11.2. The number of rotatable bonds is 6. The zero-order valence-electron chi connectivity index (χ0n) is 14.1. The molecule has 0 bridgehead atoms. The zero-order valence-corrected chi connectivity index (χ0v) is 14.1. The number of anilines is 2. The summed E-state index contributed by atoms with van der Waals surface area (Å²) in [6.45, 7) is 7.17. The Balaban J connectivity index is 1.61. The predicted molar refractivity (Wildman–Crippen MR) is 97.7 cm³/mol. The molecular formula is C20H26N2O. The predicted octanol–water partition coefficient (Wildman–Crippen LogP) is 4.34. The molecule has 0 aliphatic carbocycles. The highest BCUT2D eigenvalue weighted by molar-refractivity contribution is 5.58. The second-order valence-electron chi connectivity index (χ2n) is 6.31. The van der Waals surface area contributed by atoms with E-state index >= 15 is 0 Å². The summed E-state index contributed by atoms with van der Waals surface area (Å²) in [5.74, 6) is 0.932. The first-order valence-electron chi connectivity index (χ1n) is 8.56. The van der Waals surface area contributed by atoms with Crippen molar-refractivity contribution in [2.75, 3.05) is 29.9 Å². The lowest BCUT2D eigenvalue weighted by Crippen LogP contribution is -2.33. The molecule has 122 valence electrons. The maximum absolute atomic E-state index is 5.87. The summed E-state index contributed by atoms with van der Waals surface area (Å²) in [5.41, 5.74) is 3.95. The maximum Gasteiger partial charge on any atom is 0.142 e. The van der Waals surface area contributed by atoms with Crippen molar-refractivity contribution in [2.24, 2.45) is 0 Å². The molecule has 3 heteroatoms. The van der Waals surface area contributed by atoms with Gasteiger partial charge in [0.1, 0.15) is 5.75 Å². The van der Waals surface area contributed by atoms with Crippen molar-refractivity contribution < 1.29 is 4.74 Å². The molecule has 0 fully saturated rings. The van der Waals surface area contributed by atoms with Crippen LogP contribution in [0.15, 0.2) is 48.5 Å². The summed E-state index contributed by atoms with van der Waals surface area (Å²) in [6, 6.07) is 16.9. The SMILES string of the molecule is CC(C)Oc1ccccc1NCCN1CCCc2ccccc21. The van der Waals surface area contributed by atoms with Crippen molar-refractivity contribution in [1.82, 2.24) is 0 Å². The van der Waals surface area contributed by atoms with E-state index in [0.29, 0.717) is 0 Å². The monoisotopic (exact) mass is 310 g/mol. The third-order valence-electron chi connectivity index (χ3n) is 4.15. The van der Waals surface area contributed by atoms with E-state index in [2.05, 4.69) is 54.4 Å². The number of nitrogens with one attached hydrogen (secondary N) is 1. The second-order valence-corrected chi connectivity index (χ2v) is 6.31. The lowest BCUT2D eigenvalue weighted by molar-refractivity contribution is 0.243. The molecule has 0 saturated carbocycles. The number of para-hydroxylation sites is 3. The molecule has 0 spiro atoms. The van der Waals surface area contributed by atoms with Gasteiger partial charge in [0.05, 0.1) is 11.8 Å². The van der Waals surface area contributed by atoms with Crippen molar-refractivity contribution >= 4 is 11.4 Å². The quantitative estimate of drug-likeness (QED) is 0.859. The molecule has 23 heavy (non-hydrogen) atoms. The van der Waals surface area contributed by atoms with Crippen LogP contribution in [0.25, 0.3) is 0 Å². The van der Waals surface area contributed by atoms with E-state index < -0.39 is 0 Å². The summed E-state index contributed by atoms with van der Waals surface area (Å²) in [6.07, 6.45) is 2.63. The van der Waals surface area contributed by atoms with Gasteiger partial charge in [0.25, 0.3) is 0 Å². The lowest BCUT2D eigenvalue weighted by atomic mass is 10.0. The number of nitrogens with zero attached hydrogens (tertiary/aromatic N) is 1. The summed E-state index contributed by atoms with van der Waals surface area (Å²) in [7, 11) is 0. The van der Waals surface area contributed by atoms with Gasteiger partial charge in [-0.1, -0.05) is 30.3 Å². The highest BCUT2D eigenvalue weighted by Crippen LogP contribution is 2.27. The van der Waals surface area contributed by atoms with Gasteiger partial charge in [-0.2, -0.15) is 0 Å². The minimum atomic E-state index is 0.187. The summed E-state index contributed by atoms with van der Waals surface area (Å²) >= 11 is 0. The third-order valence-corrected chi connectivity index (χ3v) is 4.15. The van der Waals surface area contributed by atoms with Crippen LogP contribution in [-0.2, 0) is 6.42 Å². The molecule has 2 aromatic rings. The number of hydrogen-bond acceptors (Lipinski definition) is 3. The summed E-state index contributed by atoms with van der Waals surface area (Å²) < 4.78 is 5.87. The van der Waals surface area contributed by atoms with Crippen LogP contribution in [0, 0.1) is 0 Å². The van der Waals surface area contributed by atoms with Crippen LogP contribution in [-0.4, -0.2) is 25.7 Å². The van der Waals surface area contributed by atoms with E-state index in [4.69, 9.17) is 4.74 Å². The molecule has 0 radical (unpaired) electrons. The molecule has 1 aliphatic heterocycles.